The van der Waals surface area contributed by atoms with Crippen molar-refractivity contribution in [2.45, 2.75) is 57.6 Å². The average molecular weight is 464 g/mol. The third-order valence-electron chi connectivity index (χ3n) is 5.19. The molecule has 2 amide bonds. The van der Waals surface area contributed by atoms with Gasteiger partial charge in [0.15, 0.2) is 0 Å². The summed E-state index contributed by atoms with van der Waals surface area (Å²) in [5, 5.41) is 1.72. The van der Waals surface area contributed by atoms with E-state index in [1.165, 1.54) is 16.4 Å². The number of anilines is 1. The largest absolute Gasteiger partial charge is 0.332 e. The van der Waals surface area contributed by atoms with E-state index >= 15 is 0 Å². The number of benzene rings is 1. The van der Waals surface area contributed by atoms with Gasteiger partial charge in [-0.2, -0.15) is 0 Å². The maximum absolute atomic E-state index is 14.0. The van der Waals surface area contributed by atoms with Gasteiger partial charge in [0.25, 0.3) is 0 Å². The third kappa shape index (κ3) is 5.92. The predicted octanol–water partition coefficient (Wildman–Crippen LogP) is 2.95. The van der Waals surface area contributed by atoms with Crippen molar-refractivity contribution in [3.05, 3.63) is 29.1 Å². The maximum Gasteiger partial charge on any atom is 0.332 e. The molecule has 0 aliphatic carbocycles. The number of nitrogens with zero attached hydrogens (tertiary/aromatic N) is 1. The van der Waals surface area contributed by atoms with Gasteiger partial charge in [0.2, 0.25) is 20.0 Å². The number of sulfonamides is 2. The van der Waals surface area contributed by atoms with E-state index in [1.54, 1.807) is 0 Å². The van der Waals surface area contributed by atoms with Gasteiger partial charge < -0.3 is 5.32 Å². The van der Waals surface area contributed by atoms with Gasteiger partial charge in [-0.3, -0.25) is 0 Å². The molecule has 11 heteroatoms. The quantitative estimate of drug-likeness (QED) is 0.674. The molecule has 1 aromatic rings. The smallest absolute Gasteiger partial charge is 0.307 e. The molecule has 0 saturated carbocycles. The first-order valence-corrected chi connectivity index (χ1v) is 13.2. The van der Waals surface area contributed by atoms with Gasteiger partial charge in [-0.05, 0) is 47.9 Å². The lowest BCUT2D eigenvalue weighted by atomic mass is 9.92. The summed E-state index contributed by atoms with van der Waals surface area (Å²) in [6.45, 7) is 7.59. The first-order chi connectivity index (χ1) is 13.7. The highest BCUT2D eigenvalue weighted by Gasteiger charge is 2.34. The van der Waals surface area contributed by atoms with Crippen molar-refractivity contribution in [1.82, 2.24) is 9.03 Å². The Balaban J connectivity index is 2.18. The lowest BCUT2D eigenvalue weighted by molar-refractivity contribution is 0.256. The molecular weight excluding hydrogens is 433 g/mol. The van der Waals surface area contributed by atoms with Gasteiger partial charge in [-0.15, -0.1) is 0 Å². The fraction of sp³-hybridized carbons (Fsp3) is 0.632. The maximum atomic E-state index is 14.0. The SMILES string of the molecule is CC(C)c1cc(F)cc(C(C)C)c1NC(=O)NS(=O)(=O)C1CCN(S(C)(=O)=O)CC1. The van der Waals surface area contributed by atoms with Crippen LogP contribution in [0.25, 0.3) is 0 Å². The number of amides is 2. The molecule has 0 unspecified atom stereocenters. The highest BCUT2D eigenvalue weighted by Crippen LogP contribution is 2.33. The summed E-state index contributed by atoms with van der Waals surface area (Å²) in [6.07, 6.45) is 1.27. The van der Waals surface area contributed by atoms with Crippen molar-refractivity contribution in [3.8, 4) is 0 Å². The normalized spacial score (nSPS) is 16.8. The Bertz CT molecular complexity index is 970. The second kappa shape index (κ2) is 9.19. The van der Waals surface area contributed by atoms with E-state index in [0.29, 0.717) is 16.8 Å². The zero-order valence-corrected chi connectivity index (χ0v) is 19.5. The summed E-state index contributed by atoms with van der Waals surface area (Å²) in [5.41, 5.74) is 1.56. The minimum Gasteiger partial charge on any atom is -0.307 e. The van der Waals surface area contributed by atoms with Gasteiger partial charge >= 0.3 is 6.03 Å². The molecule has 2 rings (SSSR count). The molecule has 170 valence electrons. The Morgan fingerprint density at radius 2 is 1.50 bits per heavy atom. The zero-order valence-electron chi connectivity index (χ0n) is 17.9. The highest BCUT2D eigenvalue weighted by molar-refractivity contribution is 7.90. The van der Waals surface area contributed by atoms with Crippen LogP contribution in [0.15, 0.2) is 12.1 Å². The molecule has 0 spiro atoms. The van der Waals surface area contributed by atoms with Gasteiger partial charge in [0.05, 0.1) is 11.5 Å². The number of rotatable bonds is 6. The zero-order chi connectivity index (χ0) is 22.9. The van der Waals surface area contributed by atoms with Crippen LogP contribution < -0.4 is 10.0 Å². The van der Waals surface area contributed by atoms with Crippen LogP contribution in [0.3, 0.4) is 0 Å². The summed E-state index contributed by atoms with van der Waals surface area (Å²) in [5.74, 6) is -0.602. The first-order valence-electron chi connectivity index (χ1n) is 9.83. The molecule has 1 aliphatic rings. The molecule has 0 atom stereocenters. The average Bonchev–Trinajstić information content (AvgIpc) is 2.61. The van der Waals surface area contributed by atoms with Crippen LogP contribution >= 0.6 is 0 Å². The molecule has 1 heterocycles. The van der Waals surface area contributed by atoms with Crippen LogP contribution in [0.4, 0.5) is 14.9 Å². The second-order valence-corrected chi connectivity index (χ2v) is 12.2. The number of hydrogen-bond acceptors (Lipinski definition) is 5. The lowest BCUT2D eigenvalue weighted by Crippen LogP contribution is -2.47. The third-order valence-corrected chi connectivity index (χ3v) is 8.31. The van der Waals surface area contributed by atoms with Crippen LogP contribution in [-0.4, -0.2) is 51.8 Å². The number of halogens is 1. The van der Waals surface area contributed by atoms with E-state index < -0.39 is 37.1 Å². The van der Waals surface area contributed by atoms with E-state index in [1.807, 2.05) is 32.4 Å². The first kappa shape index (κ1) is 24.5. The molecule has 0 bridgehead atoms. The molecule has 1 fully saturated rings. The standard InChI is InChI=1S/C19H30FN3O5S2/c1-12(2)16-10-14(20)11-17(13(3)4)18(16)21-19(24)22-30(27,28)15-6-8-23(9-7-15)29(5,25)26/h10-13,15H,6-9H2,1-5H3,(H2,21,22,24). The fourth-order valence-electron chi connectivity index (χ4n) is 3.53. The van der Waals surface area contributed by atoms with Crippen molar-refractivity contribution in [3.63, 3.8) is 0 Å². The van der Waals surface area contributed by atoms with Gasteiger partial charge in [0, 0.05) is 18.8 Å². The number of piperidine rings is 1. The number of hydrogen-bond donors (Lipinski definition) is 2. The van der Waals surface area contributed by atoms with Crippen LogP contribution in [-0.2, 0) is 20.0 Å². The Morgan fingerprint density at radius 1 is 1.03 bits per heavy atom. The minimum atomic E-state index is -4.00. The molecule has 1 aromatic carbocycles. The Hall–Kier alpha value is -1.72. The predicted molar refractivity (Wildman–Crippen MR) is 115 cm³/mol. The molecular formula is C19H30FN3O5S2. The molecule has 0 radical (unpaired) electrons. The summed E-state index contributed by atoms with van der Waals surface area (Å²) in [7, 11) is -7.38. The van der Waals surface area contributed by atoms with Crippen molar-refractivity contribution >= 4 is 31.8 Å². The highest BCUT2D eigenvalue weighted by atomic mass is 32.2. The summed E-state index contributed by atoms with van der Waals surface area (Å²) < 4.78 is 65.7. The Kier molecular flexibility index (Phi) is 7.52. The van der Waals surface area contributed by atoms with Gasteiger partial charge in [-0.1, -0.05) is 27.7 Å². The topological polar surface area (TPSA) is 113 Å². The van der Waals surface area contributed by atoms with Gasteiger partial charge in [-0.25, -0.2) is 35.0 Å². The van der Waals surface area contributed by atoms with Crippen molar-refractivity contribution in [2.75, 3.05) is 24.7 Å². The summed E-state index contributed by atoms with van der Waals surface area (Å²) >= 11 is 0. The molecule has 8 nitrogen and oxygen atoms in total. The summed E-state index contributed by atoms with van der Waals surface area (Å²) in [4.78, 5) is 12.5. The van der Waals surface area contributed by atoms with Crippen LogP contribution in [0.5, 0.6) is 0 Å². The molecule has 30 heavy (non-hydrogen) atoms. The molecule has 0 aromatic heterocycles. The van der Waals surface area contributed by atoms with Crippen molar-refractivity contribution < 1.29 is 26.0 Å². The molecule has 1 saturated heterocycles. The van der Waals surface area contributed by atoms with E-state index in [9.17, 15) is 26.0 Å². The minimum absolute atomic E-state index is 0.0823. The van der Waals surface area contributed by atoms with E-state index in [0.717, 1.165) is 6.26 Å². The monoisotopic (exact) mass is 463 g/mol. The Morgan fingerprint density at radius 3 is 1.90 bits per heavy atom. The molecule has 1 aliphatic heterocycles. The number of carbonyl (C=O) groups excluding carboxylic acids is 1. The lowest BCUT2D eigenvalue weighted by Gasteiger charge is -2.30. The number of urea groups is 1. The van der Waals surface area contributed by atoms with Crippen LogP contribution in [0.2, 0.25) is 0 Å². The van der Waals surface area contributed by atoms with E-state index in [2.05, 4.69) is 5.32 Å². The van der Waals surface area contributed by atoms with Gasteiger partial charge in [0.1, 0.15) is 5.82 Å². The second-order valence-electron chi connectivity index (χ2n) is 8.23. The van der Waals surface area contributed by atoms with E-state index in [4.69, 9.17) is 0 Å². The number of nitrogens with one attached hydrogen (secondary N) is 2. The molecule has 2 N–H and O–H groups in total. The summed E-state index contributed by atoms with van der Waals surface area (Å²) in [6, 6.07) is 1.75. The fourth-order valence-corrected chi connectivity index (χ4v) is 5.71. The Labute approximate surface area is 178 Å². The van der Waals surface area contributed by atoms with Crippen LogP contribution in [0.1, 0.15) is 63.5 Å². The van der Waals surface area contributed by atoms with Crippen molar-refractivity contribution in [1.29, 1.82) is 0 Å². The van der Waals surface area contributed by atoms with E-state index in [-0.39, 0.29) is 37.8 Å². The van der Waals surface area contributed by atoms with Crippen LogP contribution in [0, 0.1) is 5.82 Å². The number of carbonyl (C=O) groups is 1. The van der Waals surface area contributed by atoms with Crippen molar-refractivity contribution in [2.24, 2.45) is 0 Å².